The standard InChI is InChI=1S/C9H13NO5/c1-2-3-4-5-6(10-15)7(11)8(12)9(13)14/h2-5,7-8,11-12,15H,1H3,(H,13,14)/b3-2-,5-4-,10-6-/t7-,8+/m0/s1. The maximum atomic E-state index is 10.3. The minimum Gasteiger partial charge on any atom is -0.479 e. The summed E-state index contributed by atoms with van der Waals surface area (Å²) < 4.78 is 0. The molecule has 15 heavy (non-hydrogen) atoms. The molecular formula is C9H13NO5. The first-order valence-corrected chi connectivity index (χ1v) is 4.14. The summed E-state index contributed by atoms with van der Waals surface area (Å²) in [5.41, 5.74) is -0.331. The highest BCUT2D eigenvalue weighted by Crippen LogP contribution is 1.99. The first-order valence-electron chi connectivity index (χ1n) is 4.14. The average molecular weight is 215 g/mol. The Labute approximate surface area is 86.5 Å². The zero-order chi connectivity index (χ0) is 11.8. The highest BCUT2D eigenvalue weighted by molar-refractivity contribution is 6.01. The summed E-state index contributed by atoms with van der Waals surface area (Å²) in [7, 11) is 0. The molecule has 0 amide bonds. The van der Waals surface area contributed by atoms with Crippen LogP contribution in [0.1, 0.15) is 6.92 Å². The Morgan fingerprint density at radius 3 is 2.27 bits per heavy atom. The summed E-state index contributed by atoms with van der Waals surface area (Å²) in [6.07, 6.45) is 2.11. The van der Waals surface area contributed by atoms with Crippen LogP contribution in [0.4, 0.5) is 0 Å². The molecule has 0 saturated heterocycles. The summed E-state index contributed by atoms with van der Waals surface area (Å²) in [5.74, 6) is -1.59. The van der Waals surface area contributed by atoms with Gasteiger partial charge in [0.1, 0.15) is 11.8 Å². The van der Waals surface area contributed by atoms with Crippen molar-refractivity contribution in [3.63, 3.8) is 0 Å². The number of carboxylic acid groups (broad SMARTS) is 1. The van der Waals surface area contributed by atoms with E-state index in [0.717, 1.165) is 0 Å². The van der Waals surface area contributed by atoms with E-state index in [1.807, 2.05) is 0 Å². The monoisotopic (exact) mass is 215 g/mol. The molecular weight excluding hydrogens is 202 g/mol. The van der Waals surface area contributed by atoms with Crippen molar-refractivity contribution in [1.82, 2.24) is 0 Å². The summed E-state index contributed by atoms with van der Waals surface area (Å²) in [4.78, 5) is 10.3. The summed E-state index contributed by atoms with van der Waals surface area (Å²) in [5, 5.41) is 37.8. The Balaban J connectivity index is 4.62. The van der Waals surface area contributed by atoms with Gasteiger partial charge in [0.25, 0.3) is 0 Å². The van der Waals surface area contributed by atoms with Crippen molar-refractivity contribution in [3.8, 4) is 0 Å². The molecule has 0 aliphatic carbocycles. The minimum absolute atomic E-state index is 0.331. The zero-order valence-corrected chi connectivity index (χ0v) is 8.11. The number of carboxylic acids is 1. The van der Waals surface area contributed by atoms with Gasteiger partial charge in [0.05, 0.1) is 0 Å². The molecule has 4 N–H and O–H groups in total. The molecule has 0 aromatic rings. The number of aliphatic hydroxyl groups excluding tert-OH is 2. The van der Waals surface area contributed by atoms with E-state index in [-0.39, 0.29) is 5.71 Å². The molecule has 0 aromatic carbocycles. The van der Waals surface area contributed by atoms with E-state index in [2.05, 4.69) is 5.16 Å². The number of oxime groups is 1. The molecule has 84 valence electrons. The van der Waals surface area contributed by atoms with Crippen LogP contribution in [0.3, 0.4) is 0 Å². The van der Waals surface area contributed by atoms with Crippen LogP contribution >= 0.6 is 0 Å². The lowest BCUT2D eigenvalue weighted by Gasteiger charge is -2.12. The quantitative estimate of drug-likeness (QED) is 0.219. The minimum atomic E-state index is -2.02. The zero-order valence-electron chi connectivity index (χ0n) is 8.11. The highest BCUT2D eigenvalue weighted by atomic mass is 16.4. The van der Waals surface area contributed by atoms with Crippen molar-refractivity contribution < 1.29 is 25.3 Å². The predicted molar refractivity (Wildman–Crippen MR) is 52.8 cm³/mol. The first-order chi connectivity index (χ1) is 7.04. The number of allylic oxidation sites excluding steroid dienone is 3. The molecule has 0 fully saturated rings. The summed E-state index contributed by atoms with van der Waals surface area (Å²) in [6, 6.07) is 0. The van der Waals surface area contributed by atoms with Crippen LogP contribution in [-0.2, 0) is 4.79 Å². The van der Waals surface area contributed by atoms with Crippen LogP contribution in [0, 0.1) is 0 Å². The van der Waals surface area contributed by atoms with E-state index in [4.69, 9.17) is 15.4 Å². The van der Waals surface area contributed by atoms with Crippen LogP contribution in [0.5, 0.6) is 0 Å². The second kappa shape index (κ2) is 6.74. The van der Waals surface area contributed by atoms with Gasteiger partial charge in [-0.3, -0.25) is 0 Å². The number of aliphatic hydroxyl groups is 2. The van der Waals surface area contributed by atoms with Crippen LogP contribution in [0.25, 0.3) is 0 Å². The molecule has 0 spiro atoms. The Morgan fingerprint density at radius 2 is 1.87 bits per heavy atom. The second-order valence-corrected chi connectivity index (χ2v) is 2.64. The lowest BCUT2D eigenvalue weighted by atomic mass is 10.1. The third-order valence-corrected chi connectivity index (χ3v) is 1.54. The molecule has 0 aliphatic heterocycles. The lowest BCUT2D eigenvalue weighted by molar-refractivity contribution is -0.150. The summed E-state index contributed by atoms with van der Waals surface area (Å²) in [6.45, 7) is 1.75. The fourth-order valence-corrected chi connectivity index (χ4v) is 0.753. The van der Waals surface area contributed by atoms with E-state index in [0.29, 0.717) is 0 Å². The van der Waals surface area contributed by atoms with Gasteiger partial charge in [-0.05, 0) is 13.0 Å². The van der Waals surface area contributed by atoms with E-state index in [1.54, 1.807) is 19.1 Å². The lowest BCUT2D eigenvalue weighted by Crippen LogP contribution is -2.38. The number of aliphatic carboxylic acids is 1. The Bertz CT molecular complexity index is 295. The van der Waals surface area contributed by atoms with Crippen LogP contribution in [0.2, 0.25) is 0 Å². The number of hydrogen-bond acceptors (Lipinski definition) is 5. The van der Waals surface area contributed by atoms with Crippen LogP contribution in [0.15, 0.2) is 29.5 Å². The summed E-state index contributed by atoms with van der Waals surface area (Å²) >= 11 is 0. The fourth-order valence-electron chi connectivity index (χ4n) is 0.753. The molecule has 2 atom stereocenters. The molecule has 0 radical (unpaired) electrons. The Kier molecular flexibility index (Phi) is 6.00. The number of carbonyl (C=O) groups is 1. The van der Waals surface area contributed by atoms with E-state index in [1.165, 1.54) is 12.2 Å². The van der Waals surface area contributed by atoms with Crippen molar-refractivity contribution in [2.75, 3.05) is 0 Å². The van der Waals surface area contributed by atoms with Crippen molar-refractivity contribution in [1.29, 1.82) is 0 Å². The van der Waals surface area contributed by atoms with E-state index >= 15 is 0 Å². The molecule has 0 unspecified atom stereocenters. The van der Waals surface area contributed by atoms with Crippen LogP contribution < -0.4 is 0 Å². The van der Waals surface area contributed by atoms with Gasteiger partial charge >= 0.3 is 5.97 Å². The Morgan fingerprint density at radius 1 is 1.27 bits per heavy atom. The largest absolute Gasteiger partial charge is 0.479 e. The topological polar surface area (TPSA) is 110 Å². The van der Waals surface area contributed by atoms with Gasteiger partial charge in [0, 0.05) is 0 Å². The van der Waals surface area contributed by atoms with Gasteiger partial charge in [-0.2, -0.15) is 0 Å². The molecule has 0 saturated carbocycles. The predicted octanol–water partition coefficient (Wildman–Crippen LogP) is -0.245. The van der Waals surface area contributed by atoms with Gasteiger partial charge in [0.15, 0.2) is 6.10 Å². The van der Waals surface area contributed by atoms with E-state index < -0.39 is 18.2 Å². The number of rotatable bonds is 5. The molecule has 6 heteroatoms. The highest BCUT2D eigenvalue weighted by Gasteiger charge is 2.27. The van der Waals surface area contributed by atoms with Crippen molar-refractivity contribution in [2.24, 2.45) is 5.16 Å². The smallest absolute Gasteiger partial charge is 0.335 e. The average Bonchev–Trinajstić information content (AvgIpc) is 2.22. The van der Waals surface area contributed by atoms with Gasteiger partial charge in [-0.15, -0.1) is 0 Å². The second-order valence-electron chi connectivity index (χ2n) is 2.64. The normalized spacial score (nSPS) is 17.1. The molecule has 0 rings (SSSR count). The molecule has 0 heterocycles. The fraction of sp³-hybridized carbons (Fsp3) is 0.333. The molecule has 0 bridgehead atoms. The van der Waals surface area contributed by atoms with Crippen LogP contribution in [-0.4, -0.2) is 44.4 Å². The third-order valence-electron chi connectivity index (χ3n) is 1.54. The molecule has 6 nitrogen and oxygen atoms in total. The maximum absolute atomic E-state index is 10.3. The molecule has 0 aliphatic rings. The Hall–Kier alpha value is -1.66. The van der Waals surface area contributed by atoms with Crippen molar-refractivity contribution in [2.45, 2.75) is 19.1 Å². The van der Waals surface area contributed by atoms with E-state index in [9.17, 15) is 9.90 Å². The van der Waals surface area contributed by atoms with Gasteiger partial charge in [-0.25, -0.2) is 4.79 Å². The van der Waals surface area contributed by atoms with Gasteiger partial charge in [-0.1, -0.05) is 23.4 Å². The SMILES string of the molecule is C\C=C/C=C\C(=N\O)[C@H](O)[C@@H](O)C(=O)O. The maximum Gasteiger partial charge on any atom is 0.335 e. The molecule has 0 aromatic heterocycles. The van der Waals surface area contributed by atoms with Crippen molar-refractivity contribution in [3.05, 3.63) is 24.3 Å². The van der Waals surface area contributed by atoms with Crippen molar-refractivity contribution >= 4 is 11.7 Å². The van der Waals surface area contributed by atoms with Gasteiger partial charge in [0.2, 0.25) is 0 Å². The number of nitrogens with zero attached hydrogens (tertiary/aromatic N) is 1. The van der Waals surface area contributed by atoms with Gasteiger partial charge < -0.3 is 20.5 Å². The number of hydrogen-bond donors (Lipinski definition) is 4. The third kappa shape index (κ3) is 4.39. The first kappa shape index (κ1) is 13.3.